The number of nitrogens with zero attached hydrogens (tertiary/aromatic N) is 2. The second-order valence-corrected chi connectivity index (χ2v) is 9.24. The molecule has 3 aromatic rings. The number of aliphatic hydroxyl groups excluding tert-OH is 1. The normalized spacial score (nSPS) is 14.2. The van der Waals surface area contributed by atoms with E-state index in [9.17, 15) is 9.90 Å². The highest BCUT2D eigenvalue weighted by molar-refractivity contribution is 6.30. The quantitative estimate of drug-likeness (QED) is 0.430. The lowest BCUT2D eigenvalue weighted by atomic mass is 9.86. The van der Waals surface area contributed by atoms with Crippen molar-refractivity contribution < 1.29 is 9.90 Å². The van der Waals surface area contributed by atoms with Crippen molar-refractivity contribution >= 4 is 23.3 Å². The van der Waals surface area contributed by atoms with Crippen LogP contribution in [0.3, 0.4) is 0 Å². The second kappa shape index (κ2) is 11.4. The molecule has 4 rings (SSSR count). The third-order valence-electron chi connectivity index (χ3n) is 6.33. The molecule has 172 valence electrons. The van der Waals surface area contributed by atoms with E-state index in [1.165, 1.54) is 32.1 Å². The van der Waals surface area contributed by atoms with Crippen LogP contribution >= 0.6 is 11.6 Å². The average molecular weight is 464 g/mol. The first-order valence-corrected chi connectivity index (χ1v) is 12.1. The van der Waals surface area contributed by atoms with E-state index in [1.807, 2.05) is 36.4 Å². The number of hydrogen-bond acceptors (Lipinski definition) is 4. The summed E-state index contributed by atoms with van der Waals surface area (Å²) in [7, 11) is 0. The predicted molar refractivity (Wildman–Crippen MR) is 132 cm³/mol. The monoisotopic (exact) mass is 463 g/mol. The Labute approximate surface area is 200 Å². The van der Waals surface area contributed by atoms with Crippen molar-refractivity contribution in [2.75, 3.05) is 5.32 Å². The number of aromatic nitrogens is 2. The molecule has 0 bridgehead atoms. The molecule has 1 aliphatic rings. The number of benzene rings is 2. The Kier molecular flexibility index (Phi) is 8.08. The van der Waals surface area contributed by atoms with Crippen LogP contribution in [0.1, 0.15) is 55.3 Å². The van der Waals surface area contributed by atoms with Gasteiger partial charge in [-0.05, 0) is 42.0 Å². The summed E-state index contributed by atoms with van der Waals surface area (Å²) in [6.45, 7) is 0.0111. The largest absolute Gasteiger partial charge is 0.392 e. The Morgan fingerprint density at radius 3 is 2.39 bits per heavy atom. The number of hydrogen-bond donors (Lipinski definition) is 2. The van der Waals surface area contributed by atoms with Gasteiger partial charge < -0.3 is 10.4 Å². The first-order valence-electron chi connectivity index (χ1n) is 11.7. The molecule has 5 nitrogen and oxygen atoms in total. The number of nitrogens with one attached hydrogen (secondary N) is 1. The molecule has 1 amide bonds. The van der Waals surface area contributed by atoms with E-state index in [2.05, 4.69) is 10.3 Å². The van der Waals surface area contributed by atoms with Gasteiger partial charge >= 0.3 is 0 Å². The van der Waals surface area contributed by atoms with Crippen molar-refractivity contribution in [2.24, 2.45) is 5.92 Å². The second-order valence-electron chi connectivity index (χ2n) is 8.80. The van der Waals surface area contributed by atoms with Crippen LogP contribution in [0.4, 0.5) is 5.82 Å². The molecule has 6 heteroatoms. The van der Waals surface area contributed by atoms with Crippen molar-refractivity contribution in [3.63, 3.8) is 0 Å². The van der Waals surface area contributed by atoms with E-state index in [4.69, 9.17) is 16.6 Å². The van der Waals surface area contributed by atoms with E-state index in [-0.39, 0.29) is 18.9 Å². The fourth-order valence-corrected chi connectivity index (χ4v) is 4.53. The van der Waals surface area contributed by atoms with Crippen molar-refractivity contribution in [3.05, 3.63) is 76.6 Å². The Morgan fingerprint density at radius 2 is 1.70 bits per heavy atom. The lowest BCUT2D eigenvalue weighted by Crippen LogP contribution is -2.18. The highest BCUT2D eigenvalue weighted by Gasteiger charge is 2.17. The first-order chi connectivity index (χ1) is 16.1. The predicted octanol–water partition coefficient (Wildman–Crippen LogP) is 5.98. The Hall–Kier alpha value is -2.76. The van der Waals surface area contributed by atoms with Crippen LogP contribution in [0.2, 0.25) is 5.02 Å². The van der Waals surface area contributed by atoms with Crippen molar-refractivity contribution in [1.29, 1.82) is 0 Å². The molecule has 0 aliphatic heterocycles. The van der Waals surface area contributed by atoms with Crippen LogP contribution in [-0.2, 0) is 24.2 Å². The summed E-state index contributed by atoms with van der Waals surface area (Å²) < 4.78 is 0. The molecule has 0 atom stereocenters. The maximum atomic E-state index is 12.7. The van der Waals surface area contributed by atoms with Gasteiger partial charge in [0.05, 0.1) is 30.6 Å². The minimum Gasteiger partial charge on any atom is -0.392 e. The molecular formula is C27H30ClN3O2. The van der Waals surface area contributed by atoms with E-state index in [0.717, 1.165) is 40.9 Å². The van der Waals surface area contributed by atoms with Crippen LogP contribution in [0.15, 0.2) is 54.7 Å². The maximum absolute atomic E-state index is 12.7. The van der Waals surface area contributed by atoms with Crippen molar-refractivity contribution in [2.45, 2.75) is 58.0 Å². The molecular weight excluding hydrogens is 434 g/mol. The molecule has 2 aromatic carbocycles. The van der Waals surface area contributed by atoms with Crippen molar-refractivity contribution in [3.8, 4) is 11.3 Å². The minimum absolute atomic E-state index is 0.0111. The number of amides is 1. The number of aliphatic hydroxyl groups is 1. The standard InChI is InChI=1S/C27H30ClN3O2/c28-23-13-8-20(9-14-23)16-26(33)31-27-24(15-10-19-4-2-1-3-5-19)30-25(17-29-27)22-11-6-21(18-32)7-12-22/h6-9,11-14,17,19,32H,1-5,10,15-16,18H2,(H,29,31,33). The zero-order valence-corrected chi connectivity index (χ0v) is 19.5. The van der Waals surface area contributed by atoms with Gasteiger partial charge in [-0.3, -0.25) is 4.79 Å². The van der Waals surface area contributed by atoms with Crippen LogP contribution in [0.5, 0.6) is 0 Å². The molecule has 1 aromatic heterocycles. The molecule has 1 saturated carbocycles. The van der Waals surface area contributed by atoms with Gasteiger partial charge in [0.1, 0.15) is 0 Å². The average Bonchev–Trinajstić information content (AvgIpc) is 2.85. The third kappa shape index (κ3) is 6.62. The topological polar surface area (TPSA) is 75.1 Å². The number of halogens is 1. The number of aryl methyl sites for hydroxylation is 1. The molecule has 0 radical (unpaired) electrons. The zero-order chi connectivity index (χ0) is 23.0. The highest BCUT2D eigenvalue weighted by atomic mass is 35.5. The summed E-state index contributed by atoms with van der Waals surface area (Å²) in [6.07, 6.45) is 10.3. The summed E-state index contributed by atoms with van der Waals surface area (Å²) in [6, 6.07) is 15.0. The van der Waals surface area contributed by atoms with Gasteiger partial charge in [-0.25, -0.2) is 9.97 Å². The van der Waals surface area contributed by atoms with Crippen LogP contribution < -0.4 is 5.32 Å². The van der Waals surface area contributed by atoms with E-state index in [0.29, 0.717) is 16.8 Å². The van der Waals surface area contributed by atoms with E-state index < -0.39 is 0 Å². The summed E-state index contributed by atoms with van der Waals surface area (Å²) >= 11 is 5.95. The lowest BCUT2D eigenvalue weighted by molar-refractivity contribution is -0.115. The van der Waals surface area contributed by atoms with Gasteiger partial charge in [-0.15, -0.1) is 0 Å². The van der Waals surface area contributed by atoms with Crippen LogP contribution in [0, 0.1) is 5.92 Å². The fourth-order valence-electron chi connectivity index (χ4n) is 4.41. The maximum Gasteiger partial charge on any atom is 0.229 e. The third-order valence-corrected chi connectivity index (χ3v) is 6.58. The first kappa shape index (κ1) is 23.4. The molecule has 2 N–H and O–H groups in total. The number of carbonyl (C=O) groups excluding carboxylic acids is 1. The van der Waals surface area contributed by atoms with Gasteiger partial charge in [0.2, 0.25) is 5.91 Å². The summed E-state index contributed by atoms with van der Waals surface area (Å²) in [5.41, 5.74) is 4.30. The van der Waals surface area contributed by atoms with Gasteiger partial charge in [-0.1, -0.05) is 80.1 Å². The summed E-state index contributed by atoms with van der Waals surface area (Å²) in [5, 5.41) is 12.9. The van der Waals surface area contributed by atoms with Crippen LogP contribution in [0.25, 0.3) is 11.3 Å². The highest BCUT2D eigenvalue weighted by Crippen LogP contribution is 2.29. The minimum atomic E-state index is -0.120. The number of rotatable bonds is 8. The SMILES string of the molecule is O=C(Cc1ccc(Cl)cc1)Nc1ncc(-c2ccc(CO)cc2)nc1CCC1CCCCC1. The number of carbonyl (C=O) groups is 1. The Bertz CT molecular complexity index is 1060. The van der Waals surface area contributed by atoms with E-state index in [1.54, 1.807) is 18.3 Å². The Balaban J connectivity index is 1.52. The lowest BCUT2D eigenvalue weighted by Gasteiger charge is -2.21. The van der Waals surface area contributed by atoms with E-state index >= 15 is 0 Å². The molecule has 1 fully saturated rings. The molecule has 1 heterocycles. The number of anilines is 1. The van der Waals surface area contributed by atoms with Crippen LogP contribution in [-0.4, -0.2) is 21.0 Å². The van der Waals surface area contributed by atoms with Crippen molar-refractivity contribution in [1.82, 2.24) is 9.97 Å². The summed E-state index contributed by atoms with van der Waals surface area (Å²) in [5.74, 6) is 1.14. The van der Waals surface area contributed by atoms with Gasteiger partial charge in [0, 0.05) is 10.6 Å². The summed E-state index contributed by atoms with van der Waals surface area (Å²) in [4.78, 5) is 22.2. The molecule has 0 saturated heterocycles. The zero-order valence-electron chi connectivity index (χ0n) is 18.8. The van der Waals surface area contributed by atoms with Gasteiger partial charge in [0.25, 0.3) is 0 Å². The van der Waals surface area contributed by atoms with Gasteiger partial charge in [0.15, 0.2) is 5.82 Å². The van der Waals surface area contributed by atoms with Gasteiger partial charge in [-0.2, -0.15) is 0 Å². The molecule has 1 aliphatic carbocycles. The molecule has 0 unspecified atom stereocenters. The smallest absolute Gasteiger partial charge is 0.229 e. The fraction of sp³-hybridized carbons (Fsp3) is 0.370. The molecule has 33 heavy (non-hydrogen) atoms. The molecule has 0 spiro atoms. The Morgan fingerprint density at radius 1 is 1.00 bits per heavy atom.